The van der Waals surface area contributed by atoms with Gasteiger partial charge in [-0.15, -0.1) is 0 Å². The Morgan fingerprint density at radius 1 is 0.875 bits per heavy atom. The van der Waals surface area contributed by atoms with E-state index in [9.17, 15) is 18.0 Å². The fourth-order valence-electron chi connectivity index (χ4n) is 2.89. The van der Waals surface area contributed by atoms with Gasteiger partial charge in [0.1, 0.15) is 5.75 Å². The first kappa shape index (κ1) is 22.8. The number of ether oxygens (including phenoxy) is 1. The number of carbonyl (C=O) groups excluding carboxylic acids is 2. The van der Waals surface area contributed by atoms with Gasteiger partial charge in [-0.05, 0) is 49.4 Å². The zero-order valence-electron chi connectivity index (χ0n) is 17.8. The number of hydrogen-bond donors (Lipinski definition) is 3. The topological polar surface area (TPSA) is 114 Å². The van der Waals surface area contributed by atoms with Crippen LogP contribution in [0.15, 0.2) is 71.6 Å². The van der Waals surface area contributed by atoms with Crippen LogP contribution in [0, 0.1) is 6.92 Å². The first-order chi connectivity index (χ1) is 15.2. The third kappa shape index (κ3) is 5.64. The summed E-state index contributed by atoms with van der Waals surface area (Å²) < 4.78 is 33.2. The maximum Gasteiger partial charge on any atom is 0.261 e. The van der Waals surface area contributed by atoms with Gasteiger partial charge in [-0.1, -0.05) is 23.8 Å². The Hall–Kier alpha value is -3.85. The third-order valence-corrected chi connectivity index (χ3v) is 5.87. The van der Waals surface area contributed by atoms with Crippen molar-refractivity contribution < 1.29 is 22.7 Å². The Kier molecular flexibility index (Phi) is 6.79. The monoisotopic (exact) mass is 453 g/mol. The van der Waals surface area contributed by atoms with Gasteiger partial charge in [0.05, 0.1) is 23.4 Å². The second-order valence-corrected chi connectivity index (χ2v) is 8.73. The number of benzene rings is 3. The first-order valence-electron chi connectivity index (χ1n) is 9.64. The summed E-state index contributed by atoms with van der Waals surface area (Å²) in [6.07, 6.45) is 0. The number of anilines is 3. The van der Waals surface area contributed by atoms with Crippen LogP contribution in [-0.2, 0) is 14.8 Å². The second kappa shape index (κ2) is 9.52. The fourth-order valence-corrected chi connectivity index (χ4v) is 3.99. The molecule has 166 valence electrons. The largest absolute Gasteiger partial charge is 0.497 e. The first-order valence-corrected chi connectivity index (χ1v) is 11.1. The van der Waals surface area contributed by atoms with Gasteiger partial charge in [0.25, 0.3) is 15.9 Å². The highest BCUT2D eigenvalue weighted by molar-refractivity contribution is 7.92. The minimum atomic E-state index is -3.90. The molecule has 0 saturated heterocycles. The molecular formula is C23H23N3O5S. The van der Waals surface area contributed by atoms with Gasteiger partial charge >= 0.3 is 0 Å². The molecule has 0 bridgehead atoms. The van der Waals surface area contributed by atoms with E-state index in [0.29, 0.717) is 22.8 Å². The maximum absolute atomic E-state index is 12.8. The molecule has 0 saturated carbocycles. The molecule has 8 nitrogen and oxygen atoms in total. The Balaban J connectivity index is 1.85. The van der Waals surface area contributed by atoms with Crippen LogP contribution in [0.4, 0.5) is 17.1 Å². The van der Waals surface area contributed by atoms with Gasteiger partial charge in [-0.3, -0.25) is 14.3 Å². The molecule has 0 aromatic heterocycles. The van der Waals surface area contributed by atoms with Crippen molar-refractivity contribution in [2.45, 2.75) is 18.7 Å². The molecule has 32 heavy (non-hydrogen) atoms. The van der Waals surface area contributed by atoms with E-state index < -0.39 is 15.9 Å². The van der Waals surface area contributed by atoms with Crippen LogP contribution in [0.5, 0.6) is 5.75 Å². The number of rotatable bonds is 7. The lowest BCUT2D eigenvalue weighted by atomic mass is 10.2. The number of methoxy groups -OCH3 is 1. The van der Waals surface area contributed by atoms with Crippen molar-refractivity contribution in [3.63, 3.8) is 0 Å². The van der Waals surface area contributed by atoms with Crippen molar-refractivity contribution in [2.24, 2.45) is 0 Å². The lowest BCUT2D eigenvalue weighted by molar-refractivity contribution is -0.114. The molecule has 3 N–H and O–H groups in total. The van der Waals surface area contributed by atoms with Crippen LogP contribution in [0.25, 0.3) is 0 Å². The van der Waals surface area contributed by atoms with E-state index in [-0.39, 0.29) is 16.4 Å². The molecule has 3 aromatic rings. The van der Waals surface area contributed by atoms with Crippen molar-refractivity contribution in [1.82, 2.24) is 0 Å². The molecule has 0 atom stereocenters. The van der Waals surface area contributed by atoms with E-state index in [4.69, 9.17) is 4.74 Å². The van der Waals surface area contributed by atoms with E-state index in [1.807, 2.05) is 6.92 Å². The predicted molar refractivity (Wildman–Crippen MR) is 124 cm³/mol. The number of carbonyl (C=O) groups is 2. The van der Waals surface area contributed by atoms with Crippen molar-refractivity contribution in [3.8, 4) is 5.75 Å². The zero-order valence-corrected chi connectivity index (χ0v) is 18.6. The molecule has 0 radical (unpaired) electrons. The second-order valence-electron chi connectivity index (χ2n) is 7.05. The zero-order chi connectivity index (χ0) is 23.3. The molecule has 0 spiro atoms. The van der Waals surface area contributed by atoms with E-state index >= 15 is 0 Å². The van der Waals surface area contributed by atoms with Crippen LogP contribution in [0.2, 0.25) is 0 Å². The quantitative estimate of drug-likeness (QED) is 0.500. The smallest absolute Gasteiger partial charge is 0.261 e. The molecule has 9 heteroatoms. The normalized spacial score (nSPS) is 10.8. The molecule has 3 aromatic carbocycles. The number of amides is 2. The fraction of sp³-hybridized carbons (Fsp3) is 0.130. The Bertz CT molecular complexity index is 1250. The summed E-state index contributed by atoms with van der Waals surface area (Å²) in [7, 11) is -2.42. The van der Waals surface area contributed by atoms with Gasteiger partial charge < -0.3 is 15.4 Å². The average Bonchev–Trinajstić information content (AvgIpc) is 2.76. The summed E-state index contributed by atoms with van der Waals surface area (Å²) in [4.78, 5) is 24.3. The van der Waals surface area contributed by atoms with Crippen molar-refractivity contribution in [1.29, 1.82) is 0 Å². The van der Waals surface area contributed by atoms with Crippen LogP contribution in [0.3, 0.4) is 0 Å². The van der Waals surface area contributed by atoms with E-state index in [0.717, 1.165) is 5.56 Å². The summed E-state index contributed by atoms with van der Waals surface area (Å²) in [5.41, 5.74) is 2.25. The van der Waals surface area contributed by atoms with Crippen LogP contribution >= 0.6 is 0 Å². The lowest BCUT2D eigenvalue weighted by Gasteiger charge is -2.14. The number of hydrogen-bond acceptors (Lipinski definition) is 5. The van der Waals surface area contributed by atoms with Crippen molar-refractivity contribution in [3.05, 3.63) is 77.9 Å². The number of nitrogens with one attached hydrogen (secondary N) is 3. The standard InChI is InChI=1S/C23H23N3O5S/c1-15-7-9-18(10-8-15)26-32(29,30)20-6-4-5-17(13-20)23(28)25-22-14-19(31-3)11-12-21(22)24-16(2)27/h4-14,26H,1-3H3,(H,24,27)(H,25,28). The van der Waals surface area contributed by atoms with Crippen LogP contribution in [0.1, 0.15) is 22.8 Å². The Morgan fingerprint density at radius 2 is 1.59 bits per heavy atom. The molecule has 0 aliphatic carbocycles. The molecule has 0 fully saturated rings. The molecule has 0 unspecified atom stereocenters. The van der Waals surface area contributed by atoms with Crippen LogP contribution in [-0.4, -0.2) is 27.3 Å². The summed E-state index contributed by atoms with van der Waals surface area (Å²) in [6.45, 7) is 3.26. The SMILES string of the molecule is COc1ccc(NC(C)=O)c(NC(=O)c2cccc(S(=O)(=O)Nc3ccc(C)cc3)c2)c1. The highest BCUT2D eigenvalue weighted by Crippen LogP contribution is 2.28. The highest BCUT2D eigenvalue weighted by Gasteiger charge is 2.18. The number of sulfonamides is 1. The molecule has 3 rings (SSSR count). The maximum atomic E-state index is 12.8. The van der Waals surface area contributed by atoms with E-state index in [2.05, 4.69) is 15.4 Å². The summed E-state index contributed by atoms with van der Waals surface area (Å²) in [6, 6.07) is 17.4. The minimum absolute atomic E-state index is 0.0570. The van der Waals surface area contributed by atoms with Crippen molar-refractivity contribution in [2.75, 3.05) is 22.5 Å². The molecule has 0 aliphatic rings. The highest BCUT2D eigenvalue weighted by atomic mass is 32.2. The lowest BCUT2D eigenvalue weighted by Crippen LogP contribution is -2.17. The summed E-state index contributed by atoms with van der Waals surface area (Å²) in [5, 5.41) is 5.33. The predicted octanol–water partition coefficient (Wildman–Crippen LogP) is 4.02. The Morgan fingerprint density at radius 3 is 2.25 bits per heavy atom. The van der Waals surface area contributed by atoms with Gasteiger partial charge in [-0.25, -0.2) is 8.42 Å². The van der Waals surface area contributed by atoms with Gasteiger partial charge in [0, 0.05) is 24.2 Å². The molecule has 0 heterocycles. The van der Waals surface area contributed by atoms with Crippen molar-refractivity contribution >= 4 is 38.9 Å². The molecular weight excluding hydrogens is 430 g/mol. The molecule has 0 aliphatic heterocycles. The third-order valence-electron chi connectivity index (χ3n) is 4.50. The summed E-state index contributed by atoms with van der Waals surface area (Å²) in [5.74, 6) is -0.369. The molecule has 2 amide bonds. The van der Waals surface area contributed by atoms with Crippen LogP contribution < -0.4 is 20.1 Å². The van der Waals surface area contributed by atoms with E-state index in [1.54, 1.807) is 42.5 Å². The van der Waals surface area contributed by atoms with E-state index in [1.165, 1.54) is 38.3 Å². The average molecular weight is 454 g/mol. The van der Waals surface area contributed by atoms with Gasteiger partial charge in [-0.2, -0.15) is 0 Å². The number of aryl methyl sites for hydroxylation is 1. The minimum Gasteiger partial charge on any atom is -0.497 e. The summed E-state index contributed by atoms with van der Waals surface area (Å²) >= 11 is 0. The van der Waals surface area contributed by atoms with Gasteiger partial charge in [0.2, 0.25) is 5.91 Å². The van der Waals surface area contributed by atoms with Gasteiger partial charge in [0.15, 0.2) is 0 Å². The Labute approximate surface area is 186 Å².